The smallest absolute Gasteiger partial charge is 0.324 e. The Bertz CT molecular complexity index is 924. The van der Waals surface area contributed by atoms with Crippen molar-refractivity contribution >= 4 is 16.0 Å². The third-order valence-electron chi connectivity index (χ3n) is 4.88. The van der Waals surface area contributed by atoms with E-state index in [0.29, 0.717) is 0 Å². The van der Waals surface area contributed by atoms with Gasteiger partial charge in [-0.25, -0.2) is 8.42 Å². The zero-order chi connectivity index (χ0) is 20.3. The Hall–Kier alpha value is -2.42. The summed E-state index contributed by atoms with van der Waals surface area (Å²) >= 11 is 0. The lowest BCUT2D eigenvalue weighted by Crippen LogP contribution is -2.51. The summed E-state index contributed by atoms with van der Waals surface area (Å²) in [4.78, 5) is 12.1. The van der Waals surface area contributed by atoms with Crippen LogP contribution in [-0.2, 0) is 19.6 Å². The fraction of sp³-hybridized carbons (Fsp3) is 0.350. The molecule has 1 saturated heterocycles. The summed E-state index contributed by atoms with van der Waals surface area (Å²) in [6.07, 6.45) is -0.431. The van der Waals surface area contributed by atoms with Crippen molar-refractivity contribution in [1.29, 1.82) is 0 Å². The maximum Gasteiger partial charge on any atom is 0.324 e. The van der Waals surface area contributed by atoms with Gasteiger partial charge < -0.3 is 14.6 Å². The third-order valence-corrected chi connectivity index (χ3v) is 6.81. The van der Waals surface area contributed by atoms with Gasteiger partial charge in [0.1, 0.15) is 11.8 Å². The van der Waals surface area contributed by atoms with Crippen molar-refractivity contribution in [1.82, 2.24) is 4.31 Å². The van der Waals surface area contributed by atoms with Gasteiger partial charge in [-0.2, -0.15) is 4.31 Å². The van der Waals surface area contributed by atoms with Gasteiger partial charge in [-0.05, 0) is 41.8 Å². The van der Waals surface area contributed by atoms with Gasteiger partial charge in [0.15, 0.2) is 0 Å². The van der Waals surface area contributed by atoms with Crippen molar-refractivity contribution in [3.05, 3.63) is 48.5 Å². The van der Waals surface area contributed by atoms with Gasteiger partial charge in [0, 0.05) is 13.0 Å². The van der Waals surface area contributed by atoms with E-state index < -0.39 is 28.1 Å². The number of esters is 1. The minimum atomic E-state index is -3.90. The molecular weight excluding hydrogens is 382 g/mol. The predicted octanol–water partition coefficient (Wildman–Crippen LogP) is 2.05. The van der Waals surface area contributed by atoms with E-state index in [4.69, 9.17) is 9.47 Å². The first-order valence-corrected chi connectivity index (χ1v) is 10.3. The van der Waals surface area contributed by atoms with Gasteiger partial charge in [0.25, 0.3) is 0 Å². The number of sulfonamides is 1. The van der Waals surface area contributed by atoms with Crippen molar-refractivity contribution in [2.75, 3.05) is 20.8 Å². The second kappa shape index (κ2) is 8.30. The van der Waals surface area contributed by atoms with Crippen LogP contribution in [0.1, 0.15) is 12.8 Å². The summed E-state index contributed by atoms with van der Waals surface area (Å²) in [7, 11) is -1.10. The topological polar surface area (TPSA) is 93.1 Å². The first-order valence-electron chi connectivity index (χ1n) is 8.89. The highest BCUT2D eigenvalue weighted by molar-refractivity contribution is 7.89. The molecule has 0 bridgehead atoms. The number of carbonyl (C=O) groups excluding carboxylic acids is 1. The van der Waals surface area contributed by atoms with Crippen LogP contribution in [-0.4, -0.2) is 56.7 Å². The van der Waals surface area contributed by atoms with Crippen LogP contribution < -0.4 is 4.74 Å². The fourth-order valence-corrected chi connectivity index (χ4v) is 4.90. The van der Waals surface area contributed by atoms with Crippen LogP contribution in [0.3, 0.4) is 0 Å². The Morgan fingerprint density at radius 3 is 2.14 bits per heavy atom. The van der Waals surface area contributed by atoms with Gasteiger partial charge in [0.05, 0.1) is 25.2 Å². The number of hydrogen-bond acceptors (Lipinski definition) is 6. The van der Waals surface area contributed by atoms with Crippen molar-refractivity contribution in [3.63, 3.8) is 0 Å². The highest BCUT2D eigenvalue weighted by atomic mass is 32.2. The summed E-state index contributed by atoms with van der Waals surface area (Å²) < 4.78 is 37.1. The number of carbonyl (C=O) groups is 1. The number of ether oxygens (including phenoxy) is 2. The summed E-state index contributed by atoms with van der Waals surface area (Å²) in [6, 6.07) is 12.9. The number of rotatable bonds is 5. The Morgan fingerprint density at radius 1 is 1.04 bits per heavy atom. The van der Waals surface area contributed by atoms with E-state index in [1.807, 2.05) is 24.3 Å². The van der Waals surface area contributed by atoms with E-state index in [-0.39, 0.29) is 24.3 Å². The van der Waals surface area contributed by atoms with Gasteiger partial charge in [-0.15, -0.1) is 0 Å². The molecule has 0 radical (unpaired) electrons. The fourth-order valence-electron chi connectivity index (χ4n) is 3.30. The number of aliphatic hydroxyl groups excluding tert-OH is 1. The van der Waals surface area contributed by atoms with E-state index in [9.17, 15) is 18.3 Å². The van der Waals surface area contributed by atoms with Crippen molar-refractivity contribution in [2.24, 2.45) is 0 Å². The van der Waals surface area contributed by atoms with Gasteiger partial charge >= 0.3 is 5.97 Å². The Morgan fingerprint density at radius 2 is 1.61 bits per heavy atom. The SMILES string of the molecule is COC(=O)C1CC(O)CCN1S(=O)(=O)c1ccc(-c2ccc(OC)cc2)cc1. The summed E-state index contributed by atoms with van der Waals surface area (Å²) in [6.45, 7) is 0.0590. The minimum Gasteiger partial charge on any atom is -0.497 e. The van der Waals surface area contributed by atoms with Crippen molar-refractivity contribution in [2.45, 2.75) is 29.9 Å². The Balaban J connectivity index is 1.87. The molecule has 0 aliphatic carbocycles. The number of benzene rings is 2. The molecule has 2 atom stereocenters. The molecule has 0 aromatic heterocycles. The van der Waals surface area contributed by atoms with Crippen LogP contribution in [0.5, 0.6) is 5.75 Å². The average molecular weight is 405 g/mol. The molecule has 1 N–H and O–H groups in total. The van der Waals surface area contributed by atoms with Gasteiger partial charge in [0.2, 0.25) is 10.0 Å². The largest absolute Gasteiger partial charge is 0.497 e. The van der Waals surface area contributed by atoms with Crippen LogP contribution >= 0.6 is 0 Å². The molecule has 2 unspecified atom stereocenters. The molecule has 2 aromatic carbocycles. The average Bonchev–Trinajstić information content (AvgIpc) is 2.73. The first-order chi connectivity index (χ1) is 13.4. The molecular formula is C20H23NO6S. The zero-order valence-corrected chi connectivity index (χ0v) is 16.6. The lowest BCUT2D eigenvalue weighted by molar-refractivity contribution is -0.147. The monoisotopic (exact) mass is 405 g/mol. The van der Waals surface area contributed by atoms with Crippen LogP contribution in [0.15, 0.2) is 53.4 Å². The van der Waals surface area contributed by atoms with E-state index in [2.05, 4.69) is 0 Å². The predicted molar refractivity (Wildman–Crippen MR) is 103 cm³/mol. The molecule has 150 valence electrons. The molecule has 1 fully saturated rings. The van der Waals surface area contributed by atoms with E-state index in [1.54, 1.807) is 19.2 Å². The Kier molecular flexibility index (Phi) is 6.02. The molecule has 3 rings (SSSR count). The minimum absolute atomic E-state index is 0.0236. The molecule has 1 aliphatic heterocycles. The number of nitrogens with zero attached hydrogens (tertiary/aromatic N) is 1. The molecule has 0 amide bonds. The highest BCUT2D eigenvalue weighted by Gasteiger charge is 2.40. The Labute approximate surface area is 164 Å². The summed E-state index contributed by atoms with van der Waals surface area (Å²) in [5.41, 5.74) is 1.79. The van der Waals surface area contributed by atoms with Crippen molar-refractivity contribution in [3.8, 4) is 16.9 Å². The normalized spacial score (nSPS) is 20.5. The van der Waals surface area contributed by atoms with Gasteiger partial charge in [-0.1, -0.05) is 24.3 Å². The summed E-state index contributed by atoms with van der Waals surface area (Å²) in [5, 5.41) is 9.84. The molecule has 2 aromatic rings. The van der Waals surface area contributed by atoms with Crippen molar-refractivity contribution < 1.29 is 27.8 Å². The second-order valence-corrected chi connectivity index (χ2v) is 8.48. The van der Waals surface area contributed by atoms with E-state index in [1.165, 1.54) is 19.2 Å². The lowest BCUT2D eigenvalue weighted by atomic mass is 10.0. The zero-order valence-electron chi connectivity index (χ0n) is 15.7. The maximum atomic E-state index is 13.1. The molecule has 7 nitrogen and oxygen atoms in total. The second-order valence-electron chi connectivity index (χ2n) is 6.59. The molecule has 1 aliphatic rings. The standard InChI is InChI=1S/C20H23NO6S/c1-26-17-7-3-14(4-8-17)15-5-9-18(10-6-15)28(24,25)21-12-11-16(22)13-19(21)20(23)27-2/h3-10,16,19,22H,11-13H2,1-2H3. The quantitative estimate of drug-likeness (QED) is 0.766. The van der Waals surface area contributed by atoms with Gasteiger partial charge in [-0.3, -0.25) is 4.79 Å². The number of hydrogen-bond donors (Lipinski definition) is 1. The van der Waals surface area contributed by atoms with E-state index >= 15 is 0 Å². The van der Waals surface area contributed by atoms with Crippen LogP contribution in [0, 0.1) is 0 Å². The maximum absolute atomic E-state index is 13.1. The summed E-state index contributed by atoms with van der Waals surface area (Å²) in [5.74, 6) is 0.0706. The number of piperidine rings is 1. The third kappa shape index (κ3) is 4.04. The number of methoxy groups -OCH3 is 2. The van der Waals surface area contributed by atoms with Crippen LogP contribution in [0.2, 0.25) is 0 Å². The van der Waals surface area contributed by atoms with Crippen LogP contribution in [0.4, 0.5) is 0 Å². The highest BCUT2D eigenvalue weighted by Crippen LogP contribution is 2.28. The number of aliphatic hydroxyl groups is 1. The molecule has 0 spiro atoms. The van der Waals surface area contributed by atoms with Crippen LogP contribution in [0.25, 0.3) is 11.1 Å². The molecule has 1 heterocycles. The first kappa shape index (κ1) is 20.3. The lowest BCUT2D eigenvalue weighted by Gasteiger charge is -2.35. The molecule has 8 heteroatoms. The van der Waals surface area contributed by atoms with E-state index in [0.717, 1.165) is 21.2 Å². The molecule has 0 saturated carbocycles. The molecule has 28 heavy (non-hydrogen) atoms.